The Morgan fingerprint density at radius 1 is 1.47 bits per heavy atom. The van der Waals surface area contributed by atoms with Gasteiger partial charge in [0.2, 0.25) is 5.91 Å². The smallest absolute Gasteiger partial charge is 0.262 e. The van der Waals surface area contributed by atoms with Gasteiger partial charge in [0.25, 0.3) is 5.92 Å². The molecule has 0 aromatic carbocycles. The Morgan fingerprint density at radius 2 is 2.16 bits per heavy atom. The molecule has 7 heteroatoms. The number of halogens is 3. The standard InChI is InChI=1S/C12H20F2N2O2.ClH/c1-16(4-5-18-7-9-2-3-9)11(17)10-6-12(13,14)8-15-10;/h9-10,15H,2-8H2,1H3;1H. The van der Waals surface area contributed by atoms with E-state index in [0.717, 1.165) is 6.61 Å². The maximum Gasteiger partial charge on any atom is 0.262 e. The minimum Gasteiger partial charge on any atom is -0.379 e. The number of rotatable bonds is 6. The Labute approximate surface area is 118 Å². The third-order valence-corrected chi connectivity index (χ3v) is 3.41. The molecule has 4 nitrogen and oxygen atoms in total. The maximum absolute atomic E-state index is 13.0. The zero-order valence-corrected chi connectivity index (χ0v) is 11.8. The number of amides is 1. The van der Waals surface area contributed by atoms with Gasteiger partial charge in [-0.25, -0.2) is 8.78 Å². The van der Waals surface area contributed by atoms with Crippen LogP contribution < -0.4 is 5.32 Å². The molecule has 2 aliphatic rings. The number of carbonyl (C=O) groups is 1. The molecule has 0 aromatic heterocycles. The summed E-state index contributed by atoms with van der Waals surface area (Å²) in [5.74, 6) is -2.34. The molecule has 0 spiro atoms. The van der Waals surface area contributed by atoms with Crippen molar-refractivity contribution in [2.45, 2.75) is 31.2 Å². The topological polar surface area (TPSA) is 41.6 Å². The lowest BCUT2D eigenvalue weighted by Crippen LogP contribution is -2.42. The van der Waals surface area contributed by atoms with E-state index < -0.39 is 24.9 Å². The highest BCUT2D eigenvalue weighted by atomic mass is 35.5. The average Bonchev–Trinajstić information content (AvgIpc) is 3.06. The largest absolute Gasteiger partial charge is 0.379 e. The average molecular weight is 299 g/mol. The zero-order valence-electron chi connectivity index (χ0n) is 11.0. The van der Waals surface area contributed by atoms with Gasteiger partial charge in [-0.3, -0.25) is 10.1 Å². The Kier molecular flexibility index (Phi) is 5.95. The van der Waals surface area contributed by atoms with Crippen LogP contribution in [0.3, 0.4) is 0 Å². The normalized spacial score (nSPS) is 24.9. The fourth-order valence-electron chi connectivity index (χ4n) is 2.00. The van der Waals surface area contributed by atoms with Crippen molar-refractivity contribution in [3.05, 3.63) is 0 Å². The molecular formula is C12H21ClF2N2O2. The lowest BCUT2D eigenvalue weighted by Gasteiger charge is -2.21. The van der Waals surface area contributed by atoms with Gasteiger partial charge in [-0.2, -0.15) is 0 Å². The van der Waals surface area contributed by atoms with Crippen LogP contribution in [-0.4, -0.2) is 56.1 Å². The van der Waals surface area contributed by atoms with E-state index in [-0.39, 0.29) is 18.3 Å². The lowest BCUT2D eigenvalue weighted by atomic mass is 10.2. The van der Waals surface area contributed by atoms with E-state index in [1.165, 1.54) is 17.7 Å². The third-order valence-electron chi connectivity index (χ3n) is 3.41. The highest BCUT2D eigenvalue weighted by Crippen LogP contribution is 2.28. The van der Waals surface area contributed by atoms with Gasteiger partial charge in [0.15, 0.2) is 0 Å². The predicted octanol–water partition coefficient (Wildman–Crippen LogP) is 1.29. The van der Waals surface area contributed by atoms with E-state index in [2.05, 4.69) is 5.32 Å². The number of hydrogen-bond donors (Lipinski definition) is 1. The van der Waals surface area contributed by atoms with Crippen LogP contribution in [0.15, 0.2) is 0 Å². The van der Waals surface area contributed by atoms with Crippen LogP contribution in [0.4, 0.5) is 8.78 Å². The molecule has 2 fully saturated rings. The number of nitrogens with zero attached hydrogens (tertiary/aromatic N) is 1. The molecule has 1 heterocycles. The number of ether oxygens (including phenoxy) is 1. The molecule has 1 atom stereocenters. The first-order chi connectivity index (χ1) is 8.48. The van der Waals surface area contributed by atoms with Crippen LogP contribution in [0, 0.1) is 5.92 Å². The highest BCUT2D eigenvalue weighted by Gasteiger charge is 2.43. The summed E-state index contributed by atoms with van der Waals surface area (Å²) < 4.78 is 31.3. The minimum absolute atomic E-state index is 0. The Bertz CT molecular complexity index is 314. The van der Waals surface area contributed by atoms with Crippen LogP contribution >= 0.6 is 12.4 Å². The van der Waals surface area contributed by atoms with E-state index >= 15 is 0 Å². The second-order valence-electron chi connectivity index (χ2n) is 5.27. The summed E-state index contributed by atoms with van der Waals surface area (Å²) in [6.45, 7) is 1.27. The van der Waals surface area contributed by atoms with Crippen molar-refractivity contribution in [1.82, 2.24) is 10.2 Å². The van der Waals surface area contributed by atoms with Crippen molar-refractivity contribution < 1.29 is 18.3 Å². The van der Waals surface area contributed by atoms with Gasteiger partial charge in [-0.1, -0.05) is 0 Å². The van der Waals surface area contributed by atoms with Gasteiger partial charge < -0.3 is 9.64 Å². The van der Waals surface area contributed by atoms with E-state index in [4.69, 9.17) is 4.74 Å². The number of nitrogens with one attached hydrogen (secondary N) is 1. The van der Waals surface area contributed by atoms with Gasteiger partial charge in [-0.05, 0) is 18.8 Å². The molecule has 0 radical (unpaired) electrons. The lowest BCUT2D eigenvalue weighted by molar-refractivity contribution is -0.133. The Morgan fingerprint density at radius 3 is 2.68 bits per heavy atom. The number of likely N-dealkylation sites (N-methyl/N-ethyl adjacent to an activating group) is 1. The van der Waals surface area contributed by atoms with Gasteiger partial charge in [0.05, 0.1) is 19.2 Å². The van der Waals surface area contributed by atoms with Gasteiger partial charge in [0.1, 0.15) is 0 Å². The summed E-state index contributed by atoms with van der Waals surface area (Å²) in [5, 5.41) is 2.56. The SMILES string of the molecule is CN(CCOCC1CC1)C(=O)C1CC(F)(F)CN1.Cl. The molecule has 1 unspecified atom stereocenters. The quantitative estimate of drug-likeness (QED) is 0.751. The molecule has 1 aliphatic heterocycles. The van der Waals surface area contributed by atoms with Crippen molar-refractivity contribution in [3.63, 3.8) is 0 Å². The van der Waals surface area contributed by atoms with E-state index in [0.29, 0.717) is 19.1 Å². The fourth-order valence-corrected chi connectivity index (χ4v) is 2.00. The van der Waals surface area contributed by atoms with Crippen LogP contribution in [0.25, 0.3) is 0 Å². The van der Waals surface area contributed by atoms with E-state index in [9.17, 15) is 13.6 Å². The van der Waals surface area contributed by atoms with Crippen LogP contribution in [0.1, 0.15) is 19.3 Å². The van der Waals surface area contributed by atoms with E-state index in [1.54, 1.807) is 7.05 Å². The summed E-state index contributed by atoms with van der Waals surface area (Å²) in [7, 11) is 1.63. The highest BCUT2D eigenvalue weighted by molar-refractivity contribution is 5.85. The van der Waals surface area contributed by atoms with Crippen molar-refractivity contribution in [3.8, 4) is 0 Å². The summed E-state index contributed by atoms with van der Waals surface area (Å²) >= 11 is 0. The molecule has 1 amide bonds. The summed E-state index contributed by atoms with van der Waals surface area (Å²) in [4.78, 5) is 13.3. The van der Waals surface area contributed by atoms with Crippen LogP contribution in [-0.2, 0) is 9.53 Å². The second kappa shape index (κ2) is 6.81. The summed E-state index contributed by atoms with van der Waals surface area (Å²) in [6, 6.07) is -0.756. The molecule has 112 valence electrons. The van der Waals surface area contributed by atoms with E-state index in [1.807, 2.05) is 0 Å². The van der Waals surface area contributed by atoms with Crippen LogP contribution in [0.5, 0.6) is 0 Å². The summed E-state index contributed by atoms with van der Waals surface area (Å²) in [5.41, 5.74) is 0. The molecule has 0 aromatic rings. The molecule has 1 aliphatic carbocycles. The third kappa shape index (κ3) is 5.20. The van der Waals surface area contributed by atoms with Crippen molar-refractivity contribution in [2.75, 3.05) is 33.4 Å². The monoisotopic (exact) mass is 298 g/mol. The molecule has 0 bridgehead atoms. The van der Waals surface area contributed by atoms with Crippen molar-refractivity contribution in [2.24, 2.45) is 5.92 Å². The second-order valence-corrected chi connectivity index (χ2v) is 5.27. The molecule has 2 rings (SSSR count). The van der Waals surface area contributed by atoms with Gasteiger partial charge in [0, 0.05) is 26.6 Å². The van der Waals surface area contributed by atoms with Gasteiger partial charge >= 0.3 is 0 Å². The molecule has 1 saturated carbocycles. The molecular weight excluding hydrogens is 278 g/mol. The minimum atomic E-state index is -2.76. The van der Waals surface area contributed by atoms with Crippen LogP contribution in [0.2, 0.25) is 0 Å². The predicted molar refractivity (Wildman–Crippen MR) is 69.8 cm³/mol. The summed E-state index contributed by atoms with van der Waals surface area (Å²) in [6.07, 6.45) is 2.06. The molecule has 1 N–H and O–H groups in total. The van der Waals surface area contributed by atoms with Crippen molar-refractivity contribution >= 4 is 18.3 Å². The Hall–Kier alpha value is -0.460. The Balaban J connectivity index is 0.00000180. The first-order valence-corrected chi connectivity index (χ1v) is 6.42. The fraction of sp³-hybridized carbons (Fsp3) is 0.917. The molecule has 19 heavy (non-hydrogen) atoms. The number of carbonyl (C=O) groups excluding carboxylic acids is 1. The first kappa shape index (κ1) is 16.6. The van der Waals surface area contributed by atoms with Gasteiger partial charge in [-0.15, -0.1) is 12.4 Å². The van der Waals surface area contributed by atoms with Crippen molar-refractivity contribution in [1.29, 1.82) is 0 Å². The number of alkyl halides is 2. The zero-order chi connectivity index (χ0) is 13.2. The maximum atomic E-state index is 13.0. The molecule has 1 saturated heterocycles. The number of hydrogen-bond acceptors (Lipinski definition) is 3. The first-order valence-electron chi connectivity index (χ1n) is 6.42.